The molecule has 5 nitrogen and oxygen atoms in total. The van der Waals surface area contributed by atoms with Gasteiger partial charge in [0.15, 0.2) is 0 Å². The van der Waals surface area contributed by atoms with E-state index in [0.717, 1.165) is 31.6 Å². The summed E-state index contributed by atoms with van der Waals surface area (Å²) in [6.07, 6.45) is 9.42. The summed E-state index contributed by atoms with van der Waals surface area (Å²) in [4.78, 5) is 4.26. The summed E-state index contributed by atoms with van der Waals surface area (Å²) in [7, 11) is 1.99. The van der Waals surface area contributed by atoms with Crippen LogP contribution in [0.5, 0.6) is 0 Å². The van der Waals surface area contributed by atoms with Crippen LogP contribution in [0, 0.1) is 0 Å². The molecule has 1 aromatic heterocycles. The van der Waals surface area contributed by atoms with Crippen LogP contribution in [0.3, 0.4) is 0 Å². The molecule has 2 N–H and O–H groups in total. The van der Waals surface area contributed by atoms with Crippen LogP contribution in [0.1, 0.15) is 31.5 Å². The van der Waals surface area contributed by atoms with E-state index in [1.807, 2.05) is 17.8 Å². The van der Waals surface area contributed by atoms with Crippen LogP contribution in [0.2, 0.25) is 0 Å². The van der Waals surface area contributed by atoms with Gasteiger partial charge in [0.2, 0.25) is 0 Å². The first-order valence-corrected chi connectivity index (χ1v) is 7.22. The summed E-state index contributed by atoms with van der Waals surface area (Å²) in [5.74, 6) is 1.06. The first kappa shape index (κ1) is 14.5. The minimum atomic E-state index is -0.415. The van der Waals surface area contributed by atoms with Gasteiger partial charge in [0.05, 0.1) is 18.8 Å². The lowest BCUT2D eigenvalue weighted by atomic mass is 10.3. The monoisotopic (exact) mass is 267 g/mol. The molecule has 0 aromatic carbocycles. The Morgan fingerprint density at radius 1 is 1.53 bits per heavy atom. The quantitative estimate of drug-likeness (QED) is 0.686. The Labute approximate surface area is 115 Å². The highest BCUT2D eigenvalue weighted by atomic mass is 16.5. The van der Waals surface area contributed by atoms with Crippen LogP contribution in [0.15, 0.2) is 12.4 Å². The Balaban J connectivity index is 1.51. The molecule has 0 radical (unpaired) electrons. The zero-order chi connectivity index (χ0) is 13.5. The van der Waals surface area contributed by atoms with Gasteiger partial charge in [0, 0.05) is 39.0 Å². The number of aromatic nitrogens is 2. The van der Waals surface area contributed by atoms with E-state index in [9.17, 15) is 5.11 Å². The highest BCUT2D eigenvalue weighted by Gasteiger charge is 2.16. The smallest absolute Gasteiger partial charge is 0.109 e. The highest BCUT2D eigenvalue weighted by Crippen LogP contribution is 2.20. The molecule has 1 unspecified atom stereocenters. The van der Waals surface area contributed by atoms with Crippen molar-refractivity contribution in [3.8, 4) is 0 Å². The van der Waals surface area contributed by atoms with E-state index in [4.69, 9.17) is 4.74 Å². The molecule has 108 valence electrons. The second-order valence-corrected chi connectivity index (χ2v) is 5.30. The number of aliphatic hydroxyl groups excluding tert-OH is 1. The van der Waals surface area contributed by atoms with Gasteiger partial charge in [-0.2, -0.15) is 0 Å². The van der Waals surface area contributed by atoms with Crippen molar-refractivity contribution in [2.75, 3.05) is 19.7 Å². The van der Waals surface area contributed by atoms with Gasteiger partial charge in [0.25, 0.3) is 0 Å². The van der Waals surface area contributed by atoms with Gasteiger partial charge in [-0.3, -0.25) is 0 Å². The number of rotatable bonds is 8. The topological polar surface area (TPSA) is 59.3 Å². The van der Waals surface area contributed by atoms with E-state index >= 15 is 0 Å². The van der Waals surface area contributed by atoms with Crippen LogP contribution < -0.4 is 5.32 Å². The molecular formula is C14H25N3O2. The number of nitrogens with zero attached hydrogens (tertiary/aromatic N) is 2. The SMILES string of the molecule is Cn1ccnc1CCNCC(O)COC1CCCC1. The zero-order valence-electron chi connectivity index (χ0n) is 11.7. The maximum absolute atomic E-state index is 9.81. The van der Waals surface area contributed by atoms with E-state index in [-0.39, 0.29) is 0 Å². The van der Waals surface area contributed by atoms with Crippen LogP contribution >= 0.6 is 0 Å². The summed E-state index contributed by atoms with van der Waals surface area (Å²) in [6, 6.07) is 0. The molecule has 1 aliphatic carbocycles. The molecule has 1 fully saturated rings. The summed E-state index contributed by atoms with van der Waals surface area (Å²) < 4.78 is 7.70. The number of aryl methyl sites for hydroxylation is 1. The maximum Gasteiger partial charge on any atom is 0.109 e. The van der Waals surface area contributed by atoms with E-state index in [2.05, 4.69) is 10.3 Å². The first-order valence-electron chi connectivity index (χ1n) is 7.22. The zero-order valence-corrected chi connectivity index (χ0v) is 11.7. The number of nitrogens with one attached hydrogen (secondary N) is 1. The normalized spacial score (nSPS) is 18.0. The molecular weight excluding hydrogens is 242 g/mol. The third-order valence-electron chi connectivity index (χ3n) is 3.65. The van der Waals surface area contributed by atoms with Crippen molar-refractivity contribution in [3.05, 3.63) is 18.2 Å². The van der Waals surface area contributed by atoms with Crippen LogP contribution in [0.4, 0.5) is 0 Å². The average Bonchev–Trinajstić information content (AvgIpc) is 3.04. The molecule has 1 aliphatic rings. The number of ether oxygens (including phenoxy) is 1. The number of imidazole rings is 1. The molecule has 0 bridgehead atoms. The minimum absolute atomic E-state index is 0.377. The van der Waals surface area contributed by atoms with Gasteiger partial charge in [0.1, 0.15) is 5.82 Å². The van der Waals surface area contributed by atoms with Crippen molar-refractivity contribution in [2.45, 2.75) is 44.3 Å². The molecule has 0 amide bonds. The van der Waals surface area contributed by atoms with Crippen LogP contribution in [0.25, 0.3) is 0 Å². The van der Waals surface area contributed by atoms with E-state index < -0.39 is 6.10 Å². The predicted octanol–water partition coefficient (Wildman–Crippen LogP) is 0.872. The lowest BCUT2D eigenvalue weighted by molar-refractivity contribution is -0.00531. The van der Waals surface area contributed by atoms with Crippen molar-refractivity contribution < 1.29 is 9.84 Å². The Hall–Kier alpha value is -0.910. The molecule has 5 heteroatoms. The molecule has 0 spiro atoms. The fourth-order valence-corrected chi connectivity index (χ4v) is 2.47. The fourth-order valence-electron chi connectivity index (χ4n) is 2.47. The van der Waals surface area contributed by atoms with E-state index in [1.165, 1.54) is 12.8 Å². The molecule has 1 saturated carbocycles. The second kappa shape index (κ2) is 7.62. The van der Waals surface area contributed by atoms with Gasteiger partial charge >= 0.3 is 0 Å². The Bertz CT molecular complexity index is 361. The van der Waals surface area contributed by atoms with E-state index in [0.29, 0.717) is 19.3 Å². The van der Waals surface area contributed by atoms with Gasteiger partial charge < -0.3 is 19.7 Å². The first-order chi connectivity index (χ1) is 9.25. The Morgan fingerprint density at radius 2 is 2.32 bits per heavy atom. The lowest BCUT2D eigenvalue weighted by Crippen LogP contribution is -2.33. The number of aliphatic hydroxyl groups is 1. The molecule has 2 rings (SSSR count). The summed E-state index contributed by atoms with van der Waals surface area (Å²) in [5, 5.41) is 13.1. The number of hydrogen-bond donors (Lipinski definition) is 2. The molecule has 1 aromatic rings. The summed E-state index contributed by atoms with van der Waals surface area (Å²) >= 11 is 0. The summed E-state index contributed by atoms with van der Waals surface area (Å²) in [5.41, 5.74) is 0. The van der Waals surface area contributed by atoms with Crippen LogP contribution in [-0.2, 0) is 18.2 Å². The third-order valence-corrected chi connectivity index (χ3v) is 3.65. The van der Waals surface area contributed by atoms with E-state index in [1.54, 1.807) is 6.20 Å². The molecule has 0 aliphatic heterocycles. The fraction of sp³-hybridized carbons (Fsp3) is 0.786. The summed E-state index contributed by atoms with van der Waals surface area (Å²) in [6.45, 7) is 1.85. The van der Waals surface area contributed by atoms with Gasteiger partial charge in [-0.05, 0) is 12.8 Å². The molecule has 19 heavy (non-hydrogen) atoms. The lowest BCUT2D eigenvalue weighted by Gasteiger charge is -2.16. The third kappa shape index (κ3) is 4.93. The van der Waals surface area contributed by atoms with Gasteiger partial charge in [-0.25, -0.2) is 4.98 Å². The van der Waals surface area contributed by atoms with Crippen molar-refractivity contribution in [2.24, 2.45) is 7.05 Å². The van der Waals surface area contributed by atoms with Gasteiger partial charge in [-0.1, -0.05) is 12.8 Å². The molecule has 1 heterocycles. The molecule has 0 saturated heterocycles. The Morgan fingerprint density at radius 3 is 3.00 bits per heavy atom. The van der Waals surface area contributed by atoms with Crippen molar-refractivity contribution in [1.82, 2.24) is 14.9 Å². The second-order valence-electron chi connectivity index (χ2n) is 5.30. The van der Waals surface area contributed by atoms with Gasteiger partial charge in [-0.15, -0.1) is 0 Å². The van der Waals surface area contributed by atoms with Crippen molar-refractivity contribution in [3.63, 3.8) is 0 Å². The van der Waals surface area contributed by atoms with Crippen LogP contribution in [-0.4, -0.2) is 46.6 Å². The Kier molecular flexibility index (Phi) is 5.82. The maximum atomic E-state index is 9.81. The number of hydrogen-bond acceptors (Lipinski definition) is 4. The highest BCUT2D eigenvalue weighted by molar-refractivity contribution is 4.91. The standard InChI is InChI=1S/C14H25N3O2/c1-17-9-8-16-14(17)6-7-15-10-12(18)11-19-13-4-2-3-5-13/h8-9,12-13,15,18H,2-7,10-11H2,1H3. The largest absolute Gasteiger partial charge is 0.389 e. The molecule has 1 atom stereocenters. The predicted molar refractivity (Wildman–Crippen MR) is 74.0 cm³/mol. The average molecular weight is 267 g/mol. The van der Waals surface area contributed by atoms with Crippen molar-refractivity contribution in [1.29, 1.82) is 0 Å². The van der Waals surface area contributed by atoms with Crippen molar-refractivity contribution >= 4 is 0 Å². The minimum Gasteiger partial charge on any atom is -0.389 e.